The Balaban J connectivity index is 2.03. The van der Waals surface area contributed by atoms with Crippen molar-refractivity contribution in [2.45, 2.75) is 39.5 Å². The van der Waals surface area contributed by atoms with Gasteiger partial charge in [0.05, 0.1) is 0 Å². The van der Waals surface area contributed by atoms with E-state index >= 15 is 0 Å². The molecule has 0 aromatic heterocycles. The zero-order valence-electron chi connectivity index (χ0n) is 15.4. The molecular weight excluding hydrogens is 304 g/mol. The van der Waals surface area contributed by atoms with Crippen LogP contribution in [0.2, 0.25) is 0 Å². The minimum Gasteiger partial charge on any atom is -0.457 e. The molecule has 25 heavy (non-hydrogen) atoms. The molecule has 1 nitrogen and oxygen atoms in total. The van der Waals surface area contributed by atoms with Crippen LogP contribution in [0.15, 0.2) is 66.7 Å². The summed E-state index contributed by atoms with van der Waals surface area (Å²) in [7, 11) is 0. The van der Waals surface area contributed by atoms with E-state index in [9.17, 15) is 0 Å². The van der Waals surface area contributed by atoms with Gasteiger partial charge in [0.15, 0.2) is 0 Å². The summed E-state index contributed by atoms with van der Waals surface area (Å²) in [5, 5.41) is 0. The number of rotatable bonds is 5. The van der Waals surface area contributed by atoms with Gasteiger partial charge in [-0.05, 0) is 64.4 Å². The fraction of sp³-hybridized carbons (Fsp3) is 0.250. The smallest absolute Gasteiger partial charge is 0.128 e. The highest BCUT2D eigenvalue weighted by atomic mass is 16.5. The normalized spacial score (nSPS) is 11.1. The van der Waals surface area contributed by atoms with E-state index in [0.717, 1.165) is 17.1 Å². The minimum atomic E-state index is 0.459. The Hall–Kier alpha value is -2.54. The molecule has 0 heterocycles. The lowest BCUT2D eigenvalue weighted by Crippen LogP contribution is -2.01. The molecule has 0 saturated heterocycles. The first-order valence-electron chi connectivity index (χ1n) is 8.94. The van der Waals surface area contributed by atoms with Gasteiger partial charge in [-0.2, -0.15) is 0 Å². The van der Waals surface area contributed by atoms with Crippen molar-refractivity contribution < 1.29 is 4.74 Å². The predicted octanol–water partition coefficient (Wildman–Crippen LogP) is 7.19. The molecule has 0 spiro atoms. The van der Waals surface area contributed by atoms with Crippen molar-refractivity contribution in [1.82, 2.24) is 0 Å². The molecule has 0 aliphatic carbocycles. The van der Waals surface area contributed by atoms with E-state index in [4.69, 9.17) is 4.74 Å². The molecule has 3 aromatic rings. The molecule has 1 heteroatoms. The minimum absolute atomic E-state index is 0.459. The topological polar surface area (TPSA) is 9.23 Å². The van der Waals surface area contributed by atoms with Crippen LogP contribution in [0, 0.1) is 6.07 Å². The Kier molecular flexibility index (Phi) is 5.23. The molecule has 0 aliphatic heterocycles. The molecule has 127 valence electrons. The molecule has 3 aromatic carbocycles. The van der Waals surface area contributed by atoms with Crippen LogP contribution in [0.25, 0.3) is 11.1 Å². The van der Waals surface area contributed by atoms with Crippen molar-refractivity contribution in [2.75, 3.05) is 0 Å². The van der Waals surface area contributed by atoms with E-state index < -0.39 is 0 Å². The van der Waals surface area contributed by atoms with Crippen LogP contribution in [0.4, 0.5) is 0 Å². The molecule has 0 saturated carbocycles. The van der Waals surface area contributed by atoms with Crippen LogP contribution >= 0.6 is 0 Å². The second kappa shape index (κ2) is 7.57. The zero-order valence-corrected chi connectivity index (χ0v) is 15.4. The second-order valence-corrected chi connectivity index (χ2v) is 6.97. The molecule has 0 atom stereocenters. The van der Waals surface area contributed by atoms with Crippen LogP contribution in [-0.4, -0.2) is 0 Å². The van der Waals surface area contributed by atoms with Crippen molar-refractivity contribution >= 4 is 0 Å². The molecule has 0 bridgehead atoms. The van der Waals surface area contributed by atoms with Gasteiger partial charge in [0.25, 0.3) is 0 Å². The third kappa shape index (κ3) is 3.93. The summed E-state index contributed by atoms with van der Waals surface area (Å²) >= 11 is 0. The van der Waals surface area contributed by atoms with Crippen LogP contribution in [0.5, 0.6) is 11.5 Å². The Morgan fingerprint density at radius 2 is 1.52 bits per heavy atom. The molecule has 3 rings (SSSR count). The number of hydrogen-bond donors (Lipinski definition) is 0. The first-order valence-corrected chi connectivity index (χ1v) is 8.94. The number of hydrogen-bond acceptors (Lipinski definition) is 1. The summed E-state index contributed by atoms with van der Waals surface area (Å²) in [6.07, 6.45) is 0. The highest BCUT2D eigenvalue weighted by molar-refractivity contribution is 5.70. The molecular formula is C24H25O. The Morgan fingerprint density at radius 3 is 2.20 bits per heavy atom. The standard InChI is InChI=1S/C24H25O/c1-17(2)22-14-9-15-23(24(22)18(3)4)19-10-8-13-21(16-19)25-20-11-6-5-7-12-20/h5-9,11-18H,1-4H3. The third-order valence-electron chi connectivity index (χ3n) is 4.38. The average molecular weight is 329 g/mol. The maximum absolute atomic E-state index is 6.00. The van der Waals surface area contributed by atoms with Crippen molar-refractivity contribution in [3.63, 3.8) is 0 Å². The summed E-state index contributed by atoms with van der Waals surface area (Å²) in [4.78, 5) is 0. The van der Waals surface area contributed by atoms with Crippen molar-refractivity contribution in [2.24, 2.45) is 0 Å². The highest BCUT2D eigenvalue weighted by Crippen LogP contribution is 2.36. The molecule has 0 aliphatic rings. The van der Waals surface area contributed by atoms with E-state index in [1.807, 2.05) is 42.5 Å². The van der Waals surface area contributed by atoms with E-state index in [-0.39, 0.29) is 0 Å². The predicted molar refractivity (Wildman–Crippen MR) is 105 cm³/mol. The summed E-state index contributed by atoms with van der Waals surface area (Å²) < 4.78 is 6.00. The van der Waals surface area contributed by atoms with Crippen LogP contribution in [0.3, 0.4) is 0 Å². The monoisotopic (exact) mass is 329 g/mol. The van der Waals surface area contributed by atoms with E-state index in [0.29, 0.717) is 11.8 Å². The zero-order chi connectivity index (χ0) is 17.8. The van der Waals surface area contributed by atoms with Gasteiger partial charge in [0.2, 0.25) is 0 Å². The number of para-hydroxylation sites is 1. The molecule has 0 amide bonds. The second-order valence-electron chi connectivity index (χ2n) is 6.97. The fourth-order valence-electron chi connectivity index (χ4n) is 3.25. The Bertz CT molecular complexity index is 832. The molecule has 0 unspecified atom stereocenters. The van der Waals surface area contributed by atoms with Gasteiger partial charge in [0.1, 0.15) is 11.5 Å². The summed E-state index contributed by atoms with van der Waals surface area (Å²) in [6, 6.07) is 25.8. The van der Waals surface area contributed by atoms with Gasteiger partial charge in [-0.3, -0.25) is 0 Å². The van der Waals surface area contributed by atoms with E-state index in [1.165, 1.54) is 16.7 Å². The van der Waals surface area contributed by atoms with Crippen LogP contribution < -0.4 is 4.74 Å². The molecule has 0 fully saturated rings. The summed E-state index contributed by atoms with van der Waals surface area (Å²) in [5.41, 5.74) is 5.15. The first kappa shape index (κ1) is 17.3. The third-order valence-corrected chi connectivity index (χ3v) is 4.38. The van der Waals surface area contributed by atoms with Gasteiger partial charge in [-0.25, -0.2) is 0 Å². The Morgan fingerprint density at radius 1 is 0.760 bits per heavy atom. The van der Waals surface area contributed by atoms with Crippen LogP contribution in [0.1, 0.15) is 50.7 Å². The number of ether oxygens (including phenoxy) is 1. The van der Waals surface area contributed by atoms with Crippen molar-refractivity contribution in [3.8, 4) is 22.6 Å². The van der Waals surface area contributed by atoms with Gasteiger partial charge in [-0.1, -0.05) is 70.2 Å². The summed E-state index contributed by atoms with van der Waals surface area (Å²) in [5.74, 6) is 2.64. The number of benzene rings is 3. The molecule has 1 radical (unpaired) electrons. The fourth-order valence-corrected chi connectivity index (χ4v) is 3.25. The largest absolute Gasteiger partial charge is 0.457 e. The van der Waals surface area contributed by atoms with Gasteiger partial charge >= 0.3 is 0 Å². The highest BCUT2D eigenvalue weighted by Gasteiger charge is 2.16. The maximum Gasteiger partial charge on any atom is 0.128 e. The SMILES string of the molecule is CC(C)c1cccc(-c2[c]ccc(Oc3ccccc3)c2)c1C(C)C. The lowest BCUT2D eigenvalue weighted by atomic mass is 9.84. The lowest BCUT2D eigenvalue weighted by Gasteiger charge is -2.20. The van der Waals surface area contributed by atoms with Gasteiger partial charge in [0, 0.05) is 0 Å². The summed E-state index contributed by atoms with van der Waals surface area (Å²) in [6.45, 7) is 9.03. The quantitative estimate of drug-likeness (QED) is 0.481. The van der Waals surface area contributed by atoms with Crippen LogP contribution in [-0.2, 0) is 0 Å². The van der Waals surface area contributed by atoms with E-state index in [2.05, 4.69) is 58.0 Å². The first-order chi connectivity index (χ1) is 12.1. The van der Waals surface area contributed by atoms with Gasteiger partial charge < -0.3 is 4.74 Å². The maximum atomic E-state index is 6.00. The molecule has 0 N–H and O–H groups in total. The lowest BCUT2D eigenvalue weighted by molar-refractivity contribution is 0.483. The Labute approximate surface area is 151 Å². The van der Waals surface area contributed by atoms with Gasteiger partial charge in [-0.15, -0.1) is 0 Å². The van der Waals surface area contributed by atoms with Crippen molar-refractivity contribution in [3.05, 3.63) is 83.9 Å². The average Bonchev–Trinajstić information content (AvgIpc) is 2.62. The van der Waals surface area contributed by atoms with Crippen molar-refractivity contribution in [1.29, 1.82) is 0 Å². The van der Waals surface area contributed by atoms with E-state index in [1.54, 1.807) is 0 Å².